The van der Waals surface area contributed by atoms with Crippen molar-refractivity contribution < 1.29 is 4.79 Å². The zero-order valence-corrected chi connectivity index (χ0v) is 16.6. The van der Waals surface area contributed by atoms with Gasteiger partial charge in [0.05, 0.1) is 22.6 Å². The molecule has 150 valence electrons. The zero-order valence-electron chi connectivity index (χ0n) is 16.6. The first-order chi connectivity index (χ1) is 14.8. The van der Waals surface area contributed by atoms with Gasteiger partial charge in [-0.05, 0) is 36.4 Å². The molecule has 0 unspecified atom stereocenters. The van der Waals surface area contributed by atoms with Gasteiger partial charge in [-0.2, -0.15) is 0 Å². The van der Waals surface area contributed by atoms with Crippen LogP contribution in [0, 0.1) is 0 Å². The molecule has 0 saturated heterocycles. The molecule has 0 bridgehead atoms. The van der Waals surface area contributed by atoms with E-state index >= 15 is 0 Å². The number of hydrogen-bond donors (Lipinski definition) is 1. The number of carbonyl (C=O) groups excluding carboxylic acids is 1. The zero-order chi connectivity index (χ0) is 20.6. The van der Waals surface area contributed by atoms with Crippen molar-refractivity contribution in [2.75, 3.05) is 11.9 Å². The quantitative estimate of drug-likeness (QED) is 0.486. The van der Waals surface area contributed by atoms with E-state index in [1.807, 2.05) is 66.7 Å². The Hall–Kier alpha value is -3.64. The summed E-state index contributed by atoms with van der Waals surface area (Å²) in [5.41, 5.74) is 3.46. The molecule has 3 heterocycles. The summed E-state index contributed by atoms with van der Waals surface area (Å²) < 4.78 is 0. The molecule has 4 rings (SSSR count). The third-order valence-corrected chi connectivity index (χ3v) is 4.79. The second-order valence-electron chi connectivity index (χ2n) is 7.03. The number of anilines is 1. The van der Waals surface area contributed by atoms with Crippen LogP contribution in [0.25, 0.3) is 10.9 Å². The van der Waals surface area contributed by atoms with Crippen LogP contribution in [0.2, 0.25) is 0 Å². The van der Waals surface area contributed by atoms with Crippen molar-refractivity contribution in [2.24, 2.45) is 0 Å². The summed E-state index contributed by atoms with van der Waals surface area (Å²) in [6.45, 7) is 1.90. The highest BCUT2D eigenvalue weighted by Gasteiger charge is 2.12. The molecule has 0 aliphatic heterocycles. The largest absolute Gasteiger partial charge is 0.324 e. The molecule has 0 aliphatic rings. The van der Waals surface area contributed by atoms with Crippen LogP contribution in [0.4, 0.5) is 5.69 Å². The van der Waals surface area contributed by atoms with Crippen LogP contribution in [0.1, 0.15) is 17.8 Å². The maximum absolute atomic E-state index is 12.7. The van der Waals surface area contributed by atoms with Crippen molar-refractivity contribution in [3.05, 3.63) is 96.7 Å². The van der Waals surface area contributed by atoms with E-state index in [2.05, 4.69) is 25.2 Å². The Morgan fingerprint density at radius 1 is 0.767 bits per heavy atom. The first-order valence-electron chi connectivity index (χ1n) is 9.94. The minimum absolute atomic E-state index is 0.0415. The molecule has 1 amide bonds. The third-order valence-electron chi connectivity index (χ3n) is 4.79. The van der Waals surface area contributed by atoms with Crippen molar-refractivity contribution in [2.45, 2.75) is 19.5 Å². The lowest BCUT2D eigenvalue weighted by atomic mass is 10.2. The Bertz CT molecular complexity index is 1060. The second kappa shape index (κ2) is 9.71. The lowest BCUT2D eigenvalue weighted by Crippen LogP contribution is -2.28. The molecule has 0 atom stereocenters. The number of amides is 1. The van der Waals surface area contributed by atoms with Crippen LogP contribution in [0.15, 0.2) is 85.3 Å². The minimum atomic E-state index is -0.0415. The number of benzene rings is 1. The molecule has 3 aromatic heterocycles. The lowest BCUT2D eigenvalue weighted by molar-refractivity contribution is -0.116. The third kappa shape index (κ3) is 5.24. The summed E-state index contributed by atoms with van der Waals surface area (Å²) in [7, 11) is 0. The van der Waals surface area contributed by atoms with Gasteiger partial charge in [0.15, 0.2) is 0 Å². The summed E-state index contributed by atoms with van der Waals surface area (Å²) in [6, 6.07) is 21.4. The monoisotopic (exact) mass is 397 g/mol. The smallest absolute Gasteiger partial charge is 0.225 e. The van der Waals surface area contributed by atoms with E-state index in [1.54, 1.807) is 18.6 Å². The van der Waals surface area contributed by atoms with Crippen molar-refractivity contribution in [1.82, 2.24) is 19.9 Å². The van der Waals surface area contributed by atoms with Crippen molar-refractivity contribution in [1.29, 1.82) is 0 Å². The Morgan fingerprint density at radius 2 is 1.43 bits per heavy atom. The van der Waals surface area contributed by atoms with E-state index in [-0.39, 0.29) is 5.91 Å². The summed E-state index contributed by atoms with van der Waals surface area (Å²) in [6.07, 6.45) is 5.67. The minimum Gasteiger partial charge on any atom is -0.324 e. The predicted octanol–water partition coefficient (Wildman–Crippen LogP) is 4.06. The molecule has 1 N–H and O–H groups in total. The van der Waals surface area contributed by atoms with Gasteiger partial charge in [0.25, 0.3) is 0 Å². The van der Waals surface area contributed by atoms with Gasteiger partial charge in [0.2, 0.25) is 5.91 Å². The first-order valence-corrected chi connectivity index (χ1v) is 9.94. The second-order valence-corrected chi connectivity index (χ2v) is 7.03. The number of nitrogens with zero attached hydrogens (tertiary/aromatic N) is 4. The molecular weight excluding hydrogens is 374 g/mol. The fourth-order valence-electron chi connectivity index (χ4n) is 3.33. The van der Waals surface area contributed by atoms with Crippen LogP contribution < -0.4 is 5.32 Å². The standard InChI is InChI=1S/C24H23N5O/c30-23(28-22-11-5-7-19-8-6-15-27-24(19)22)12-16-29(17-20-9-1-3-13-25-20)18-21-10-2-4-14-26-21/h1-11,13-15H,12,16-18H2,(H,28,30). The van der Waals surface area contributed by atoms with Gasteiger partial charge < -0.3 is 5.32 Å². The summed E-state index contributed by atoms with van der Waals surface area (Å²) in [5, 5.41) is 4.01. The van der Waals surface area contributed by atoms with Gasteiger partial charge in [0, 0.05) is 50.0 Å². The van der Waals surface area contributed by atoms with Crippen molar-refractivity contribution >= 4 is 22.5 Å². The normalized spacial score (nSPS) is 11.0. The van der Waals surface area contributed by atoms with Crippen molar-refractivity contribution in [3.63, 3.8) is 0 Å². The van der Waals surface area contributed by atoms with E-state index < -0.39 is 0 Å². The van der Waals surface area contributed by atoms with Crippen LogP contribution in [0.5, 0.6) is 0 Å². The van der Waals surface area contributed by atoms with Crippen LogP contribution in [-0.2, 0) is 17.9 Å². The fourth-order valence-corrected chi connectivity index (χ4v) is 3.33. The number of carbonyl (C=O) groups is 1. The van der Waals surface area contributed by atoms with Gasteiger partial charge in [-0.1, -0.05) is 30.3 Å². The molecule has 6 heteroatoms. The van der Waals surface area contributed by atoms with Crippen LogP contribution >= 0.6 is 0 Å². The van der Waals surface area contributed by atoms with Crippen LogP contribution in [0.3, 0.4) is 0 Å². The highest BCUT2D eigenvalue weighted by Crippen LogP contribution is 2.20. The Labute approximate surface area is 175 Å². The van der Waals surface area contributed by atoms with E-state index in [0.29, 0.717) is 26.1 Å². The molecule has 0 fully saturated rings. The molecular formula is C24H23N5O. The van der Waals surface area contributed by atoms with Gasteiger partial charge in [-0.15, -0.1) is 0 Å². The van der Waals surface area contributed by atoms with Gasteiger partial charge in [-0.3, -0.25) is 24.6 Å². The number of fused-ring (bicyclic) bond motifs is 1. The SMILES string of the molecule is O=C(CCN(Cc1ccccn1)Cc1ccccn1)Nc1cccc2cccnc12. The first kappa shape index (κ1) is 19.7. The highest BCUT2D eigenvalue weighted by molar-refractivity contribution is 6.00. The van der Waals surface area contributed by atoms with E-state index in [1.165, 1.54) is 0 Å². The number of nitrogens with one attached hydrogen (secondary N) is 1. The molecule has 30 heavy (non-hydrogen) atoms. The summed E-state index contributed by atoms with van der Waals surface area (Å²) >= 11 is 0. The number of rotatable bonds is 8. The number of aromatic nitrogens is 3. The van der Waals surface area contributed by atoms with E-state index in [4.69, 9.17) is 0 Å². The van der Waals surface area contributed by atoms with E-state index in [0.717, 1.165) is 28.0 Å². The number of pyridine rings is 3. The average molecular weight is 397 g/mol. The van der Waals surface area contributed by atoms with Gasteiger partial charge in [0.1, 0.15) is 0 Å². The van der Waals surface area contributed by atoms with Gasteiger partial charge in [-0.25, -0.2) is 0 Å². The fraction of sp³-hybridized carbons (Fsp3) is 0.167. The number of para-hydroxylation sites is 1. The molecule has 0 spiro atoms. The molecule has 0 saturated carbocycles. The highest BCUT2D eigenvalue weighted by atomic mass is 16.1. The topological polar surface area (TPSA) is 71.0 Å². The predicted molar refractivity (Wildman–Crippen MR) is 118 cm³/mol. The van der Waals surface area contributed by atoms with E-state index in [9.17, 15) is 4.79 Å². The maximum atomic E-state index is 12.7. The molecule has 1 aromatic carbocycles. The average Bonchev–Trinajstić information content (AvgIpc) is 2.79. The summed E-state index contributed by atoms with van der Waals surface area (Å²) in [5.74, 6) is -0.0415. The maximum Gasteiger partial charge on any atom is 0.225 e. The van der Waals surface area contributed by atoms with Gasteiger partial charge >= 0.3 is 0 Å². The Balaban J connectivity index is 1.42. The molecule has 4 aromatic rings. The van der Waals surface area contributed by atoms with Crippen LogP contribution in [-0.4, -0.2) is 32.3 Å². The molecule has 0 aliphatic carbocycles. The molecule has 6 nitrogen and oxygen atoms in total. The number of hydrogen-bond acceptors (Lipinski definition) is 5. The summed E-state index contributed by atoms with van der Waals surface area (Å²) in [4.78, 5) is 28.1. The Kier molecular flexibility index (Phi) is 6.37. The molecule has 0 radical (unpaired) electrons. The Morgan fingerprint density at radius 3 is 2.10 bits per heavy atom. The van der Waals surface area contributed by atoms with Crippen molar-refractivity contribution in [3.8, 4) is 0 Å². The lowest BCUT2D eigenvalue weighted by Gasteiger charge is -2.21.